The van der Waals surface area contributed by atoms with E-state index in [2.05, 4.69) is 0 Å². The number of halogens is 1. The third-order valence-corrected chi connectivity index (χ3v) is 2.72. The molecular weight excluding hydrogens is 157 g/mol. The Balaban J connectivity index is 2.40. The highest BCUT2D eigenvalue weighted by Gasteiger charge is 2.31. The summed E-state index contributed by atoms with van der Waals surface area (Å²) in [5.74, 6) is -0.538. The lowest BCUT2D eigenvalue weighted by Gasteiger charge is -2.31. The summed E-state index contributed by atoms with van der Waals surface area (Å²) in [6.07, 6.45) is 1.56. The highest BCUT2D eigenvalue weighted by atomic mass is 32.3. The monoisotopic (exact) mass is 167 g/mol. The second-order valence-corrected chi connectivity index (χ2v) is 4.12. The molecule has 3 nitrogen and oxygen atoms in total. The SMILES string of the molecule is N[C@@H]1CC[C@@H]1CS(=O)(=O)F. The number of hydrogen-bond donors (Lipinski definition) is 1. The van der Waals surface area contributed by atoms with Crippen LogP contribution < -0.4 is 5.73 Å². The first kappa shape index (κ1) is 7.94. The topological polar surface area (TPSA) is 60.2 Å². The summed E-state index contributed by atoms with van der Waals surface area (Å²) in [5.41, 5.74) is 5.40. The van der Waals surface area contributed by atoms with Crippen molar-refractivity contribution in [1.82, 2.24) is 0 Å². The molecule has 0 aliphatic heterocycles. The Morgan fingerprint density at radius 1 is 1.50 bits per heavy atom. The van der Waals surface area contributed by atoms with Crippen molar-refractivity contribution in [2.24, 2.45) is 11.7 Å². The summed E-state index contributed by atoms with van der Waals surface area (Å²) in [7, 11) is -4.30. The maximum Gasteiger partial charge on any atom is 0.302 e. The molecule has 0 saturated heterocycles. The lowest BCUT2D eigenvalue weighted by molar-refractivity contribution is 0.281. The van der Waals surface area contributed by atoms with E-state index in [1.807, 2.05) is 0 Å². The Morgan fingerprint density at radius 2 is 2.10 bits per heavy atom. The van der Waals surface area contributed by atoms with Crippen LogP contribution in [0.4, 0.5) is 3.89 Å². The molecule has 2 atom stereocenters. The van der Waals surface area contributed by atoms with Crippen LogP contribution in [-0.2, 0) is 10.2 Å². The van der Waals surface area contributed by atoms with Crippen LogP contribution in [0.25, 0.3) is 0 Å². The average molecular weight is 167 g/mol. The van der Waals surface area contributed by atoms with Crippen LogP contribution in [0.5, 0.6) is 0 Å². The lowest BCUT2D eigenvalue weighted by atomic mass is 9.82. The van der Waals surface area contributed by atoms with Gasteiger partial charge in [-0.25, -0.2) is 0 Å². The van der Waals surface area contributed by atoms with Gasteiger partial charge in [-0.3, -0.25) is 0 Å². The third-order valence-electron chi connectivity index (χ3n) is 1.89. The molecule has 2 N–H and O–H groups in total. The van der Waals surface area contributed by atoms with Gasteiger partial charge in [-0.2, -0.15) is 8.42 Å². The first-order chi connectivity index (χ1) is 4.49. The zero-order chi connectivity index (χ0) is 7.78. The van der Waals surface area contributed by atoms with E-state index in [1.54, 1.807) is 0 Å². The second-order valence-electron chi connectivity index (χ2n) is 2.71. The second kappa shape index (κ2) is 2.47. The fourth-order valence-corrected chi connectivity index (χ4v) is 1.98. The van der Waals surface area contributed by atoms with Gasteiger partial charge in [0.05, 0.1) is 5.75 Å². The third kappa shape index (κ3) is 1.91. The number of hydrogen-bond acceptors (Lipinski definition) is 3. The maximum absolute atomic E-state index is 12.0. The molecule has 1 aliphatic carbocycles. The minimum absolute atomic E-state index is 0.106. The molecule has 1 fully saturated rings. The molecule has 0 heterocycles. The first-order valence-electron chi connectivity index (χ1n) is 3.17. The number of rotatable bonds is 2. The Kier molecular flexibility index (Phi) is 1.96. The van der Waals surface area contributed by atoms with Crippen LogP contribution >= 0.6 is 0 Å². The Bertz CT molecular complexity index is 214. The molecule has 0 aromatic heterocycles. The molecule has 1 saturated carbocycles. The van der Waals surface area contributed by atoms with Gasteiger partial charge in [-0.1, -0.05) is 0 Å². The van der Waals surface area contributed by atoms with Crippen molar-refractivity contribution in [2.75, 3.05) is 5.75 Å². The van der Waals surface area contributed by atoms with Crippen LogP contribution in [0.15, 0.2) is 0 Å². The predicted octanol–water partition coefficient (Wildman–Crippen LogP) is 0.0230. The van der Waals surface area contributed by atoms with Crippen LogP contribution in [0.3, 0.4) is 0 Å². The van der Waals surface area contributed by atoms with Gasteiger partial charge in [0.15, 0.2) is 0 Å². The molecule has 0 aromatic carbocycles. The van der Waals surface area contributed by atoms with E-state index in [0.29, 0.717) is 0 Å². The predicted molar refractivity (Wildman–Crippen MR) is 35.6 cm³/mol. The van der Waals surface area contributed by atoms with E-state index in [0.717, 1.165) is 12.8 Å². The van der Waals surface area contributed by atoms with Crippen molar-refractivity contribution in [2.45, 2.75) is 18.9 Å². The molecule has 0 bridgehead atoms. The maximum atomic E-state index is 12.0. The quantitative estimate of drug-likeness (QED) is 0.590. The molecule has 0 unspecified atom stereocenters. The van der Waals surface area contributed by atoms with Crippen LogP contribution in [-0.4, -0.2) is 20.2 Å². The first-order valence-corrected chi connectivity index (χ1v) is 4.72. The van der Waals surface area contributed by atoms with Gasteiger partial charge in [0.1, 0.15) is 0 Å². The van der Waals surface area contributed by atoms with Crippen molar-refractivity contribution in [3.05, 3.63) is 0 Å². The van der Waals surface area contributed by atoms with Gasteiger partial charge in [0.2, 0.25) is 0 Å². The van der Waals surface area contributed by atoms with Gasteiger partial charge in [0, 0.05) is 6.04 Å². The van der Waals surface area contributed by atoms with Crippen LogP contribution in [0.2, 0.25) is 0 Å². The van der Waals surface area contributed by atoms with Crippen molar-refractivity contribution in [3.63, 3.8) is 0 Å². The molecule has 0 spiro atoms. The van der Waals surface area contributed by atoms with Gasteiger partial charge in [0.25, 0.3) is 0 Å². The summed E-state index contributed by atoms with van der Waals surface area (Å²) in [5, 5.41) is 0. The molecule has 0 aromatic rings. The smallest absolute Gasteiger partial charge is 0.302 e. The average Bonchev–Trinajstić information content (AvgIpc) is 1.78. The molecule has 1 rings (SSSR count). The standard InChI is InChI=1S/C5H10FNO2S/c6-10(8,9)3-4-1-2-5(4)7/h4-5H,1-3,7H2/t4-,5-/m1/s1. The van der Waals surface area contributed by atoms with E-state index in [4.69, 9.17) is 5.73 Å². The zero-order valence-corrected chi connectivity index (χ0v) is 6.27. The van der Waals surface area contributed by atoms with E-state index in [-0.39, 0.29) is 12.0 Å². The van der Waals surface area contributed by atoms with Gasteiger partial charge >= 0.3 is 10.2 Å². The molecule has 10 heavy (non-hydrogen) atoms. The number of nitrogens with two attached hydrogens (primary N) is 1. The van der Waals surface area contributed by atoms with Crippen molar-refractivity contribution in [1.29, 1.82) is 0 Å². The lowest BCUT2D eigenvalue weighted by Crippen LogP contribution is -2.42. The van der Waals surface area contributed by atoms with Crippen LogP contribution in [0.1, 0.15) is 12.8 Å². The fourth-order valence-electron chi connectivity index (χ4n) is 1.06. The summed E-state index contributed by atoms with van der Waals surface area (Å²) >= 11 is 0. The summed E-state index contributed by atoms with van der Waals surface area (Å²) in [6, 6.07) is -0.106. The molecule has 5 heteroatoms. The van der Waals surface area contributed by atoms with Crippen LogP contribution in [0, 0.1) is 5.92 Å². The molecule has 0 amide bonds. The molecule has 1 aliphatic rings. The van der Waals surface area contributed by atoms with Gasteiger partial charge < -0.3 is 5.73 Å². The van der Waals surface area contributed by atoms with E-state index in [9.17, 15) is 12.3 Å². The van der Waals surface area contributed by atoms with Crippen molar-refractivity contribution >= 4 is 10.2 Å². The van der Waals surface area contributed by atoms with Crippen molar-refractivity contribution in [3.8, 4) is 0 Å². The summed E-state index contributed by atoms with van der Waals surface area (Å²) in [4.78, 5) is 0. The highest BCUT2D eigenvalue weighted by molar-refractivity contribution is 7.86. The zero-order valence-electron chi connectivity index (χ0n) is 5.46. The van der Waals surface area contributed by atoms with E-state index < -0.39 is 16.0 Å². The van der Waals surface area contributed by atoms with Gasteiger partial charge in [-0.15, -0.1) is 3.89 Å². The van der Waals surface area contributed by atoms with Gasteiger partial charge in [-0.05, 0) is 18.8 Å². The summed E-state index contributed by atoms with van der Waals surface area (Å²) < 4.78 is 32.1. The van der Waals surface area contributed by atoms with E-state index >= 15 is 0 Å². The molecule has 60 valence electrons. The molecule has 0 radical (unpaired) electrons. The minimum atomic E-state index is -4.30. The Labute approximate surface area is 59.6 Å². The van der Waals surface area contributed by atoms with Crippen molar-refractivity contribution < 1.29 is 12.3 Å². The fraction of sp³-hybridized carbons (Fsp3) is 1.00. The molecular formula is C5H10FNO2S. The Morgan fingerprint density at radius 3 is 2.20 bits per heavy atom. The summed E-state index contributed by atoms with van der Waals surface area (Å²) in [6.45, 7) is 0. The normalized spacial score (nSPS) is 33.4. The van der Waals surface area contributed by atoms with E-state index in [1.165, 1.54) is 0 Å². The minimum Gasteiger partial charge on any atom is -0.327 e. The largest absolute Gasteiger partial charge is 0.327 e. The Hall–Kier alpha value is -0.160. The highest BCUT2D eigenvalue weighted by Crippen LogP contribution is 2.26.